The lowest BCUT2D eigenvalue weighted by atomic mass is 9.95. The Labute approximate surface area is 141 Å². The van der Waals surface area contributed by atoms with Gasteiger partial charge in [-0.3, -0.25) is 10.0 Å². The van der Waals surface area contributed by atoms with Gasteiger partial charge in [-0.25, -0.2) is 13.9 Å². The third-order valence-corrected chi connectivity index (χ3v) is 6.82. The Kier molecular flexibility index (Phi) is 5.81. The summed E-state index contributed by atoms with van der Waals surface area (Å²) in [5, 5.41) is 9.06. The minimum absolute atomic E-state index is 0.0143. The van der Waals surface area contributed by atoms with E-state index in [0.29, 0.717) is 18.8 Å². The van der Waals surface area contributed by atoms with Crippen LogP contribution in [0.4, 0.5) is 0 Å². The molecule has 2 rings (SSSR count). The summed E-state index contributed by atoms with van der Waals surface area (Å²) in [5.74, 6) is -0.435. The maximum Gasteiger partial charge on any atom is 0.265 e. The molecule has 134 valence electrons. The summed E-state index contributed by atoms with van der Waals surface area (Å²) in [6.45, 7) is 0.943. The second-order valence-electron chi connectivity index (χ2n) is 5.76. The van der Waals surface area contributed by atoms with Crippen LogP contribution < -0.4 is 10.2 Å². The number of hydroxylamine groups is 1. The Balaban J connectivity index is 2.36. The molecule has 0 saturated carbocycles. The van der Waals surface area contributed by atoms with E-state index in [1.165, 1.54) is 36.9 Å². The SMILES string of the molecule is COCOc1ccc(S(=O)(=O)C2(C(=O)NO)CCN(C)CC2)cc1. The molecule has 8 nitrogen and oxygen atoms in total. The van der Waals surface area contributed by atoms with Crippen LogP contribution in [0.3, 0.4) is 0 Å². The monoisotopic (exact) mass is 358 g/mol. The highest BCUT2D eigenvalue weighted by Crippen LogP contribution is 2.36. The lowest BCUT2D eigenvalue weighted by Gasteiger charge is -2.38. The Hall–Kier alpha value is -1.68. The zero-order valence-electron chi connectivity index (χ0n) is 13.7. The Bertz CT molecular complexity index is 666. The van der Waals surface area contributed by atoms with Crippen LogP contribution in [0.2, 0.25) is 0 Å². The molecule has 0 radical (unpaired) electrons. The van der Waals surface area contributed by atoms with Crippen LogP contribution in [0.15, 0.2) is 29.2 Å². The third kappa shape index (κ3) is 3.39. The Morgan fingerprint density at radius 2 is 1.88 bits per heavy atom. The van der Waals surface area contributed by atoms with Gasteiger partial charge in [-0.05, 0) is 57.2 Å². The second kappa shape index (κ2) is 7.47. The molecule has 1 amide bonds. The molecule has 0 unspecified atom stereocenters. The number of carbonyl (C=O) groups excluding carboxylic acids is 1. The van der Waals surface area contributed by atoms with Crippen LogP contribution >= 0.6 is 0 Å². The van der Waals surface area contributed by atoms with E-state index in [1.54, 1.807) is 0 Å². The van der Waals surface area contributed by atoms with Crippen molar-refractivity contribution >= 4 is 15.7 Å². The topological polar surface area (TPSA) is 105 Å². The van der Waals surface area contributed by atoms with Gasteiger partial charge in [0.25, 0.3) is 5.91 Å². The van der Waals surface area contributed by atoms with Gasteiger partial charge < -0.3 is 14.4 Å². The number of hydrogen-bond donors (Lipinski definition) is 2. The average molecular weight is 358 g/mol. The number of ether oxygens (including phenoxy) is 2. The zero-order valence-corrected chi connectivity index (χ0v) is 14.5. The van der Waals surface area contributed by atoms with E-state index in [9.17, 15) is 13.2 Å². The van der Waals surface area contributed by atoms with Crippen molar-refractivity contribution in [1.82, 2.24) is 10.4 Å². The molecule has 1 heterocycles. The zero-order chi connectivity index (χ0) is 17.8. The van der Waals surface area contributed by atoms with E-state index >= 15 is 0 Å². The van der Waals surface area contributed by atoms with Crippen molar-refractivity contribution in [3.05, 3.63) is 24.3 Å². The van der Waals surface area contributed by atoms with Crippen molar-refractivity contribution in [2.24, 2.45) is 0 Å². The Morgan fingerprint density at radius 1 is 1.29 bits per heavy atom. The molecule has 1 fully saturated rings. The predicted octanol–water partition coefficient (Wildman–Crippen LogP) is 0.413. The molecule has 1 aromatic carbocycles. The summed E-state index contributed by atoms with van der Waals surface area (Å²) in [4.78, 5) is 14.2. The molecular weight excluding hydrogens is 336 g/mol. The molecule has 0 spiro atoms. The van der Waals surface area contributed by atoms with Gasteiger partial charge in [0.1, 0.15) is 5.75 Å². The predicted molar refractivity (Wildman–Crippen MR) is 85.5 cm³/mol. The summed E-state index contributed by atoms with van der Waals surface area (Å²) >= 11 is 0. The van der Waals surface area contributed by atoms with Crippen LogP contribution in [0.1, 0.15) is 12.8 Å². The molecule has 0 aliphatic carbocycles. The maximum absolute atomic E-state index is 13.1. The number of amides is 1. The first kappa shape index (κ1) is 18.7. The third-order valence-electron chi connectivity index (χ3n) is 4.30. The molecule has 24 heavy (non-hydrogen) atoms. The van der Waals surface area contributed by atoms with Gasteiger partial charge >= 0.3 is 0 Å². The van der Waals surface area contributed by atoms with Gasteiger partial charge in [0.15, 0.2) is 21.4 Å². The molecule has 2 N–H and O–H groups in total. The van der Waals surface area contributed by atoms with Crippen LogP contribution in [-0.2, 0) is 19.4 Å². The molecular formula is C15H22N2O6S. The highest BCUT2D eigenvalue weighted by Gasteiger charge is 2.52. The number of likely N-dealkylation sites (tertiary alicyclic amines) is 1. The molecule has 1 aliphatic rings. The number of sulfone groups is 1. The van der Waals surface area contributed by atoms with E-state index in [0.717, 1.165) is 0 Å². The summed E-state index contributed by atoms with van der Waals surface area (Å²) in [7, 11) is -0.642. The normalized spacial score (nSPS) is 18.1. The highest BCUT2D eigenvalue weighted by molar-refractivity contribution is 7.93. The van der Waals surface area contributed by atoms with Crippen molar-refractivity contribution < 1.29 is 27.9 Å². The fourth-order valence-electron chi connectivity index (χ4n) is 2.77. The second-order valence-corrected chi connectivity index (χ2v) is 8.02. The smallest absolute Gasteiger partial charge is 0.265 e. The summed E-state index contributed by atoms with van der Waals surface area (Å²) < 4.78 is 34.5. The van der Waals surface area contributed by atoms with Crippen molar-refractivity contribution in [3.8, 4) is 5.75 Å². The van der Waals surface area contributed by atoms with Crippen molar-refractivity contribution in [2.75, 3.05) is 34.0 Å². The van der Waals surface area contributed by atoms with E-state index in [2.05, 4.69) is 0 Å². The fraction of sp³-hybridized carbons (Fsp3) is 0.533. The van der Waals surface area contributed by atoms with Crippen LogP contribution in [0.5, 0.6) is 5.75 Å². The first-order valence-corrected chi connectivity index (χ1v) is 8.95. The maximum atomic E-state index is 13.1. The number of methoxy groups -OCH3 is 1. The van der Waals surface area contributed by atoms with Crippen LogP contribution in [-0.4, -0.2) is 63.2 Å². The summed E-state index contributed by atoms with van der Waals surface area (Å²) in [6, 6.07) is 5.80. The van der Waals surface area contributed by atoms with Crippen LogP contribution in [0.25, 0.3) is 0 Å². The molecule has 1 aromatic rings. The lowest BCUT2D eigenvalue weighted by molar-refractivity contribution is -0.133. The number of nitrogens with zero attached hydrogens (tertiary/aromatic N) is 1. The van der Waals surface area contributed by atoms with E-state index in [4.69, 9.17) is 14.7 Å². The quantitative estimate of drug-likeness (QED) is 0.431. The van der Waals surface area contributed by atoms with Gasteiger partial charge in [0, 0.05) is 7.11 Å². The van der Waals surface area contributed by atoms with Crippen molar-refractivity contribution in [1.29, 1.82) is 0 Å². The molecule has 9 heteroatoms. The molecule has 0 aromatic heterocycles. The number of rotatable bonds is 6. The van der Waals surface area contributed by atoms with E-state index < -0.39 is 20.5 Å². The highest BCUT2D eigenvalue weighted by atomic mass is 32.2. The van der Waals surface area contributed by atoms with Crippen molar-refractivity contribution in [2.45, 2.75) is 22.5 Å². The number of piperidine rings is 1. The largest absolute Gasteiger partial charge is 0.468 e. The molecule has 0 atom stereocenters. The summed E-state index contributed by atoms with van der Waals surface area (Å²) in [6.07, 6.45) is 0.223. The van der Waals surface area contributed by atoms with E-state index in [-0.39, 0.29) is 24.5 Å². The molecule has 1 aliphatic heterocycles. The minimum Gasteiger partial charge on any atom is -0.468 e. The summed E-state index contributed by atoms with van der Waals surface area (Å²) in [5.41, 5.74) is 1.53. The average Bonchev–Trinajstić information content (AvgIpc) is 2.60. The first-order chi connectivity index (χ1) is 11.4. The minimum atomic E-state index is -3.98. The van der Waals surface area contributed by atoms with Gasteiger partial charge in [0.2, 0.25) is 0 Å². The number of hydrogen-bond acceptors (Lipinski definition) is 7. The number of benzene rings is 1. The van der Waals surface area contributed by atoms with Gasteiger partial charge in [-0.15, -0.1) is 0 Å². The van der Waals surface area contributed by atoms with Crippen molar-refractivity contribution in [3.63, 3.8) is 0 Å². The standard InChI is InChI=1S/C15H22N2O6S/c1-17-9-7-15(8-10-17,14(18)16-19)24(20,21)13-5-3-12(4-6-13)23-11-22-2/h3-6,19H,7-11H2,1-2H3,(H,16,18). The fourth-order valence-corrected chi connectivity index (χ4v) is 4.72. The van der Waals surface area contributed by atoms with Crippen LogP contribution in [0, 0.1) is 0 Å². The van der Waals surface area contributed by atoms with Gasteiger partial charge in [0.05, 0.1) is 4.90 Å². The number of carbonyl (C=O) groups is 1. The number of nitrogens with one attached hydrogen (secondary N) is 1. The first-order valence-electron chi connectivity index (χ1n) is 7.47. The molecule has 0 bridgehead atoms. The van der Waals surface area contributed by atoms with E-state index in [1.807, 2.05) is 11.9 Å². The molecule has 1 saturated heterocycles. The lowest BCUT2D eigenvalue weighted by Crippen LogP contribution is -2.57. The van der Waals surface area contributed by atoms with Gasteiger partial charge in [-0.2, -0.15) is 0 Å². The van der Waals surface area contributed by atoms with Gasteiger partial charge in [-0.1, -0.05) is 0 Å². The Morgan fingerprint density at radius 3 is 2.38 bits per heavy atom.